The van der Waals surface area contributed by atoms with E-state index in [0.717, 1.165) is 27.7 Å². The third kappa shape index (κ3) is 4.75. The summed E-state index contributed by atoms with van der Waals surface area (Å²) in [5, 5.41) is 1.83. The summed E-state index contributed by atoms with van der Waals surface area (Å²) in [7, 11) is 0. The van der Waals surface area contributed by atoms with E-state index in [2.05, 4.69) is 0 Å². The van der Waals surface area contributed by atoms with E-state index in [4.69, 9.17) is 23.2 Å². The number of hydrazine groups is 1. The first-order valence-electron chi connectivity index (χ1n) is 11.2. The number of hydrogen-bond acceptors (Lipinski definition) is 4. The van der Waals surface area contributed by atoms with Gasteiger partial charge in [-0.2, -0.15) is 5.01 Å². The van der Waals surface area contributed by atoms with Crippen LogP contribution in [0, 0.1) is 17.7 Å². The van der Waals surface area contributed by atoms with E-state index in [1.165, 1.54) is 24.3 Å². The Morgan fingerprint density at radius 1 is 1.09 bits per heavy atom. The predicted octanol–water partition coefficient (Wildman–Crippen LogP) is 5.06. The van der Waals surface area contributed by atoms with E-state index in [1.807, 2.05) is 13.0 Å². The van der Waals surface area contributed by atoms with Gasteiger partial charge in [0.05, 0.1) is 22.4 Å². The highest BCUT2D eigenvalue weighted by atomic mass is 35.5. The summed E-state index contributed by atoms with van der Waals surface area (Å²) >= 11 is 12.3. The minimum Gasteiger partial charge on any atom is -0.292 e. The van der Waals surface area contributed by atoms with Gasteiger partial charge in [-0.3, -0.25) is 19.2 Å². The van der Waals surface area contributed by atoms with Crippen LogP contribution in [-0.4, -0.2) is 45.4 Å². The summed E-state index contributed by atoms with van der Waals surface area (Å²) in [6.45, 7) is 1.89. The minimum atomic E-state index is -1.29. The second kappa shape index (κ2) is 10.3. The normalized spacial score (nSPS) is 20.3. The lowest BCUT2D eigenvalue weighted by atomic mass is 9.82. The number of imide groups is 1. The molecular weight excluding hydrogens is 494 g/mol. The number of rotatable bonds is 7. The van der Waals surface area contributed by atoms with E-state index in [0.29, 0.717) is 12.8 Å². The fourth-order valence-electron chi connectivity index (χ4n) is 4.64. The number of nitrogens with zero attached hydrogens (tertiary/aromatic N) is 2. The number of carbonyl (C=O) groups is 4. The molecule has 0 unspecified atom stereocenters. The van der Waals surface area contributed by atoms with E-state index < -0.39 is 47.2 Å². The number of ketones is 1. The highest BCUT2D eigenvalue weighted by Gasteiger charge is 2.53. The van der Waals surface area contributed by atoms with Crippen LogP contribution in [0.2, 0.25) is 5.02 Å². The Kier molecular flexibility index (Phi) is 7.38. The Morgan fingerprint density at radius 2 is 1.74 bits per heavy atom. The van der Waals surface area contributed by atoms with E-state index in [-0.39, 0.29) is 28.5 Å². The average molecular weight is 517 g/mol. The Labute approximate surface area is 212 Å². The molecule has 1 aliphatic carbocycles. The Bertz CT molecular complexity index is 1210. The quantitative estimate of drug-likeness (QED) is 0.223. The lowest BCUT2D eigenvalue weighted by Crippen LogP contribution is -2.57. The van der Waals surface area contributed by atoms with Crippen LogP contribution in [0.3, 0.4) is 0 Å². The van der Waals surface area contributed by atoms with Crippen molar-refractivity contribution in [2.24, 2.45) is 11.8 Å². The van der Waals surface area contributed by atoms with Gasteiger partial charge in [-0.05, 0) is 62.6 Å². The molecule has 0 N–H and O–H groups in total. The lowest BCUT2D eigenvalue weighted by Gasteiger charge is -2.36. The molecule has 182 valence electrons. The van der Waals surface area contributed by atoms with Crippen molar-refractivity contribution in [2.45, 2.75) is 32.2 Å². The van der Waals surface area contributed by atoms with Crippen LogP contribution in [0.25, 0.3) is 0 Å². The number of allylic oxidation sites excluding steroid dienone is 2. The van der Waals surface area contributed by atoms with Gasteiger partial charge in [-0.25, -0.2) is 9.40 Å². The van der Waals surface area contributed by atoms with Gasteiger partial charge in [-0.1, -0.05) is 35.4 Å². The van der Waals surface area contributed by atoms with Crippen LogP contribution in [0.15, 0.2) is 60.2 Å². The standard InChI is InChI=1S/C26H23Cl2FN2O4/c1-15-6-11-18-20(14-15)26(35)31(24(18)33)30(25(34)19-4-2-3-5-21(19)28)22(12-13-27)23(32)16-7-9-17(29)10-8-16/h2-10,18,20,22H,11-14H2,1H3/t18-,20+,22+/m0/s1. The zero-order valence-electron chi connectivity index (χ0n) is 18.9. The summed E-state index contributed by atoms with van der Waals surface area (Å²) < 4.78 is 13.5. The number of fused-ring (bicyclic) bond motifs is 1. The van der Waals surface area contributed by atoms with E-state index in [1.54, 1.807) is 12.1 Å². The summed E-state index contributed by atoms with van der Waals surface area (Å²) in [6, 6.07) is 9.74. The molecule has 3 atom stereocenters. The molecule has 0 aromatic heterocycles. The van der Waals surface area contributed by atoms with Crippen LogP contribution in [0.5, 0.6) is 0 Å². The second-order valence-electron chi connectivity index (χ2n) is 8.69. The van der Waals surface area contributed by atoms with Crippen LogP contribution < -0.4 is 0 Å². The van der Waals surface area contributed by atoms with Crippen LogP contribution >= 0.6 is 23.2 Å². The molecule has 3 amide bonds. The molecule has 9 heteroatoms. The fraction of sp³-hybridized carbons (Fsp3) is 0.308. The smallest absolute Gasteiger partial charge is 0.275 e. The largest absolute Gasteiger partial charge is 0.292 e. The molecule has 2 aliphatic rings. The van der Waals surface area contributed by atoms with Crippen molar-refractivity contribution < 1.29 is 23.6 Å². The summed E-state index contributed by atoms with van der Waals surface area (Å²) in [5.74, 6) is -4.24. The van der Waals surface area contributed by atoms with Crippen molar-refractivity contribution in [3.8, 4) is 0 Å². The highest BCUT2D eigenvalue weighted by Crippen LogP contribution is 2.39. The molecule has 1 fully saturated rings. The molecule has 0 bridgehead atoms. The summed E-state index contributed by atoms with van der Waals surface area (Å²) in [5.41, 5.74) is 1.14. The average Bonchev–Trinajstić information content (AvgIpc) is 3.08. The van der Waals surface area contributed by atoms with Gasteiger partial charge < -0.3 is 0 Å². The summed E-state index contributed by atoms with van der Waals surface area (Å²) in [4.78, 5) is 54.4. The third-order valence-corrected chi connectivity index (χ3v) is 6.98. The van der Waals surface area contributed by atoms with E-state index in [9.17, 15) is 23.6 Å². The van der Waals surface area contributed by atoms with Gasteiger partial charge in [0.1, 0.15) is 11.9 Å². The Balaban J connectivity index is 1.82. The first kappa shape index (κ1) is 25.1. The topological polar surface area (TPSA) is 74.8 Å². The van der Waals surface area contributed by atoms with Gasteiger partial charge >= 0.3 is 0 Å². The SMILES string of the molecule is CC1=CC[C@@H]2C(=O)N(N(C(=O)c3ccccc3Cl)[C@H](CCCl)C(=O)c3ccc(F)cc3)C(=O)[C@@H]2C1. The maximum absolute atomic E-state index is 13.8. The van der Waals surface area contributed by atoms with Crippen molar-refractivity contribution >= 4 is 46.7 Å². The monoisotopic (exact) mass is 516 g/mol. The van der Waals surface area contributed by atoms with Crippen molar-refractivity contribution in [1.29, 1.82) is 0 Å². The zero-order valence-corrected chi connectivity index (χ0v) is 20.4. The number of amides is 3. The van der Waals surface area contributed by atoms with Crippen molar-refractivity contribution in [3.63, 3.8) is 0 Å². The second-order valence-corrected chi connectivity index (χ2v) is 9.47. The highest BCUT2D eigenvalue weighted by molar-refractivity contribution is 6.34. The Morgan fingerprint density at radius 3 is 2.40 bits per heavy atom. The van der Waals surface area contributed by atoms with E-state index >= 15 is 0 Å². The number of Topliss-reactive ketones (excluding diaryl/α,β-unsaturated/α-hetero) is 1. The zero-order chi connectivity index (χ0) is 25.3. The van der Waals surface area contributed by atoms with Gasteiger partial charge in [0, 0.05) is 11.4 Å². The number of halogens is 3. The van der Waals surface area contributed by atoms with Gasteiger partial charge in [0.2, 0.25) is 0 Å². The fourth-order valence-corrected chi connectivity index (χ4v) is 5.06. The summed E-state index contributed by atoms with van der Waals surface area (Å²) in [6.07, 6.45) is 2.64. The first-order chi connectivity index (χ1) is 16.7. The number of hydrogen-bond donors (Lipinski definition) is 0. The van der Waals surface area contributed by atoms with Gasteiger partial charge in [-0.15, -0.1) is 11.6 Å². The molecule has 35 heavy (non-hydrogen) atoms. The maximum Gasteiger partial charge on any atom is 0.275 e. The Hall–Kier alpha value is -3.03. The van der Waals surface area contributed by atoms with Crippen LogP contribution in [0.1, 0.15) is 46.9 Å². The molecule has 0 spiro atoms. The van der Waals surface area contributed by atoms with Gasteiger partial charge in [0.25, 0.3) is 17.7 Å². The van der Waals surface area contributed by atoms with Crippen LogP contribution in [0.4, 0.5) is 4.39 Å². The molecule has 2 aromatic carbocycles. The number of alkyl halides is 1. The molecule has 4 rings (SSSR count). The maximum atomic E-state index is 13.8. The van der Waals surface area contributed by atoms with Crippen molar-refractivity contribution in [3.05, 3.63) is 82.1 Å². The van der Waals surface area contributed by atoms with Crippen molar-refractivity contribution in [2.75, 3.05) is 5.88 Å². The minimum absolute atomic E-state index is 0.0328. The first-order valence-corrected chi connectivity index (χ1v) is 12.1. The third-order valence-electron chi connectivity index (χ3n) is 6.44. The molecule has 0 saturated carbocycles. The molecular formula is C26H23Cl2FN2O4. The molecule has 6 nitrogen and oxygen atoms in total. The molecule has 2 aromatic rings. The molecule has 1 aliphatic heterocycles. The number of carbonyl (C=O) groups excluding carboxylic acids is 4. The number of benzene rings is 2. The molecule has 1 saturated heterocycles. The van der Waals surface area contributed by atoms with Crippen molar-refractivity contribution in [1.82, 2.24) is 10.0 Å². The molecule has 0 radical (unpaired) electrons. The van der Waals surface area contributed by atoms with Crippen LogP contribution in [-0.2, 0) is 9.59 Å². The van der Waals surface area contributed by atoms with Gasteiger partial charge in [0.15, 0.2) is 5.78 Å². The lowest BCUT2D eigenvalue weighted by molar-refractivity contribution is -0.156. The molecule has 1 heterocycles. The predicted molar refractivity (Wildman–Crippen MR) is 129 cm³/mol.